The van der Waals surface area contributed by atoms with Crippen molar-refractivity contribution in [2.24, 2.45) is 34.5 Å². The SMILES string of the molecule is CC[C@@H]1[C@@H]2CN(C(=O)[C@H](C(C)(C)C)CC(=O)O[C@@H]3C[C@H]3CCCCC(F)(F)c3nc4ccc(C#N)cc4nc3O2)[C@@H]1C(=O)C[C@]1(C(=O)NS(=O)(=O)C2(C)CC2)C[C@H]1C(F)F. The molecule has 60 heavy (non-hydrogen) atoms. The van der Waals surface area contributed by atoms with Gasteiger partial charge in [0.2, 0.25) is 34.1 Å². The van der Waals surface area contributed by atoms with E-state index in [2.05, 4.69) is 9.97 Å². The summed E-state index contributed by atoms with van der Waals surface area (Å²) in [5.41, 5.74) is -3.42. The zero-order valence-corrected chi connectivity index (χ0v) is 35.1. The van der Waals surface area contributed by atoms with Crippen LogP contribution in [0.4, 0.5) is 17.6 Å². The Morgan fingerprint density at radius 1 is 1.07 bits per heavy atom. The molecule has 1 saturated heterocycles. The summed E-state index contributed by atoms with van der Waals surface area (Å²) in [4.78, 5) is 66.7. The summed E-state index contributed by atoms with van der Waals surface area (Å²) >= 11 is 0. The molecule has 1 aromatic carbocycles. The molecule has 7 rings (SSSR count). The molecule has 2 bridgehead atoms. The van der Waals surface area contributed by atoms with Gasteiger partial charge in [-0.15, -0.1) is 0 Å². The zero-order valence-electron chi connectivity index (χ0n) is 34.3. The van der Waals surface area contributed by atoms with E-state index >= 15 is 8.78 Å². The van der Waals surface area contributed by atoms with Crippen LogP contribution >= 0.6 is 0 Å². The highest BCUT2D eigenvalue weighted by molar-refractivity contribution is 7.91. The van der Waals surface area contributed by atoms with Crippen LogP contribution in [0.2, 0.25) is 0 Å². The number of Topliss-reactive ketones (excluding diaryl/α,β-unsaturated/α-hetero) is 1. The second kappa shape index (κ2) is 15.5. The largest absolute Gasteiger partial charge is 0.471 e. The van der Waals surface area contributed by atoms with E-state index in [9.17, 15) is 41.6 Å². The van der Waals surface area contributed by atoms with Crippen LogP contribution in [-0.4, -0.2) is 82.8 Å². The molecule has 0 spiro atoms. The second-order valence-corrected chi connectivity index (χ2v) is 21.0. The fraction of sp³-hybridized carbons (Fsp3) is 0.690. The molecule has 3 aliphatic carbocycles. The maximum Gasteiger partial charge on any atom is 0.306 e. The first-order valence-corrected chi connectivity index (χ1v) is 22.2. The lowest BCUT2D eigenvalue weighted by Crippen LogP contribution is -2.50. The summed E-state index contributed by atoms with van der Waals surface area (Å²) in [6.07, 6.45) is -4.82. The molecule has 2 amide bonds. The van der Waals surface area contributed by atoms with Gasteiger partial charge in [0.25, 0.3) is 5.92 Å². The van der Waals surface area contributed by atoms with Crippen LogP contribution in [0.1, 0.15) is 117 Å². The van der Waals surface area contributed by atoms with Gasteiger partial charge in [-0.3, -0.25) is 23.9 Å². The molecular weight excluding hydrogens is 811 g/mol. The highest BCUT2D eigenvalue weighted by Gasteiger charge is 2.67. The number of esters is 1. The monoisotopic (exact) mass is 861 g/mol. The molecule has 2 aliphatic heterocycles. The average Bonchev–Trinajstić information content (AvgIpc) is 4.12. The quantitative estimate of drug-likeness (QED) is 0.230. The molecule has 18 heteroatoms. The number of halogens is 4. The number of rotatable bonds is 8. The Labute approximate surface area is 346 Å². The number of sulfonamides is 1. The number of nitriles is 1. The van der Waals surface area contributed by atoms with Crippen LogP contribution in [0.25, 0.3) is 11.0 Å². The van der Waals surface area contributed by atoms with Gasteiger partial charge >= 0.3 is 5.97 Å². The Balaban J connectivity index is 1.30. The molecule has 0 radical (unpaired) electrons. The molecular formula is C42H51F4N5O8S. The van der Waals surface area contributed by atoms with E-state index in [1.807, 2.05) is 10.8 Å². The van der Waals surface area contributed by atoms with E-state index in [0.29, 0.717) is 19.3 Å². The van der Waals surface area contributed by atoms with Crippen molar-refractivity contribution in [3.8, 4) is 11.9 Å². The van der Waals surface area contributed by atoms with Gasteiger partial charge in [-0.25, -0.2) is 27.2 Å². The first-order valence-electron chi connectivity index (χ1n) is 20.7. The second-order valence-electron chi connectivity index (χ2n) is 18.8. The highest BCUT2D eigenvalue weighted by atomic mass is 32.2. The summed E-state index contributed by atoms with van der Waals surface area (Å²) in [7, 11) is -4.28. The van der Waals surface area contributed by atoms with Crippen LogP contribution in [0, 0.1) is 45.8 Å². The number of carbonyl (C=O) groups excluding carboxylic acids is 4. The molecule has 326 valence electrons. The molecule has 5 aliphatic rings. The number of nitrogens with zero attached hydrogens (tertiary/aromatic N) is 4. The number of fused-ring (bicyclic) bond motifs is 5. The number of alkyl halides is 4. The number of aromatic nitrogens is 2. The standard InChI is InChI=1S/C42H51F4N5O8S/c1-6-24-31-21-51(33(24)29(52)19-41(18-26(41)35(43)44)38(55)50-60(56,57)40(5)13-14-40)37(54)25(39(2,3)4)17-32(53)58-30-16-23(30)9-7-8-12-42(45,46)34-36(59-31)49-28-15-22(20-47)10-11-27(28)48-34/h10-11,15,23-26,30-31,33,35H,6-9,12-14,16-19,21H2,1-5H3,(H,50,55)/t23-,24-,25-,26+,30-,31+,33+,41-/m1/s1. The summed E-state index contributed by atoms with van der Waals surface area (Å²) in [5.74, 6) is -11.2. The average molecular weight is 862 g/mol. The minimum absolute atomic E-state index is 0.0308. The minimum Gasteiger partial charge on any atom is -0.471 e. The molecule has 1 N–H and O–H groups in total. The van der Waals surface area contributed by atoms with E-state index in [1.165, 1.54) is 30.0 Å². The molecule has 3 saturated carbocycles. The Hall–Kier alpha value is -4.40. The van der Waals surface area contributed by atoms with Gasteiger partial charge in [0.05, 0.1) is 57.8 Å². The first-order chi connectivity index (χ1) is 28.0. The lowest BCUT2D eigenvalue weighted by atomic mass is 9.77. The number of hydrogen-bond donors (Lipinski definition) is 1. The van der Waals surface area contributed by atoms with Crippen molar-refractivity contribution in [3.05, 3.63) is 29.5 Å². The molecule has 3 heterocycles. The fourth-order valence-electron chi connectivity index (χ4n) is 9.00. The van der Waals surface area contributed by atoms with Gasteiger partial charge in [-0.05, 0) is 81.4 Å². The zero-order chi connectivity index (χ0) is 43.7. The molecule has 13 nitrogen and oxygen atoms in total. The molecule has 8 atom stereocenters. The van der Waals surface area contributed by atoms with Crippen LogP contribution in [-0.2, 0) is 39.9 Å². The first kappa shape index (κ1) is 43.7. The van der Waals surface area contributed by atoms with E-state index in [0.717, 1.165) is 0 Å². The number of carbonyl (C=O) groups is 4. The van der Waals surface area contributed by atoms with Gasteiger partial charge in [-0.2, -0.15) is 14.0 Å². The third-order valence-corrected chi connectivity index (χ3v) is 15.6. The highest BCUT2D eigenvalue weighted by Crippen LogP contribution is 2.59. The molecule has 4 fully saturated rings. The normalized spacial score (nSPS) is 31.4. The maximum absolute atomic E-state index is 16.3. The van der Waals surface area contributed by atoms with Crippen LogP contribution < -0.4 is 9.46 Å². The minimum atomic E-state index is -4.28. The van der Waals surface area contributed by atoms with Crippen LogP contribution in [0.3, 0.4) is 0 Å². The van der Waals surface area contributed by atoms with Crippen molar-refractivity contribution in [1.82, 2.24) is 19.6 Å². The van der Waals surface area contributed by atoms with Crippen molar-refractivity contribution >= 4 is 44.6 Å². The van der Waals surface area contributed by atoms with Crippen molar-refractivity contribution in [3.63, 3.8) is 0 Å². The van der Waals surface area contributed by atoms with E-state index in [-0.39, 0.29) is 61.2 Å². The lowest BCUT2D eigenvalue weighted by molar-refractivity contribution is -0.154. The number of ether oxygens (including phenoxy) is 2. The van der Waals surface area contributed by atoms with Gasteiger partial charge in [0.1, 0.15) is 12.2 Å². The number of ketones is 1. The van der Waals surface area contributed by atoms with Crippen molar-refractivity contribution < 1.29 is 54.6 Å². The Morgan fingerprint density at radius 3 is 2.40 bits per heavy atom. The summed E-state index contributed by atoms with van der Waals surface area (Å²) in [5, 5.41) is 9.55. The fourth-order valence-corrected chi connectivity index (χ4v) is 10.3. The van der Waals surface area contributed by atoms with Crippen LogP contribution in [0.5, 0.6) is 5.88 Å². The Morgan fingerprint density at radius 2 is 1.78 bits per heavy atom. The van der Waals surface area contributed by atoms with E-state index in [4.69, 9.17) is 9.47 Å². The van der Waals surface area contributed by atoms with Gasteiger partial charge < -0.3 is 14.4 Å². The number of amides is 2. The Bertz CT molecular complexity index is 2240. The predicted molar refractivity (Wildman–Crippen MR) is 207 cm³/mol. The summed E-state index contributed by atoms with van der Waals surface area (Å²) < 4.78 is 100. The van der Waals surface area contributed by atoms with Gasteiger partial charge in [-0.1, -0.05) is 34.1 Å². The third-order valence-electron chi connectivity index (χ3n) is 13.4. The van der Waals surface area contributed by atoms with Crippen molar-refractivity contribution in [2.75, 3.05) is 6.54 Å². The number of nitrogens with one attached hydrogen (secondary N) is 1. The van der Waals surface area contributed by atoms with Crippen molar-refractivity contribution in [2.45, 2.75) is 141 Å². The van der Waals surface area contributed by atoms with E-state index in [1.54, 1.807) is 27.7 Å². The summed E-state index contributed by atoms with van der Waals surface area (Å²) in [6, 6.07) is 4.70. The van der Waals surface area contributed by atoms with Gasteiger partial charge in [0, 0.05) is 24.7 Å². The molecule has 0 unspecified atom stereocenters. The van der Waals surface area contributed by atoms with E-state index < -0.39 is 128 Å². The number of benzene rings is 1. The predicted octanol–water partition coefficient (Wildman–Crippen LogP) is 6.36. The van der Waals surface area contributed by atoms with Crippen molar-refractivity contribution in [1.29, 1.82) is 5.26 Å². The Kier molecular flexibility index (Phi) is 11.3. The van der Waals surface area contributed by atoms with Crippen LogP contribution in [0.15, 0.2) is 18.2 Å². The van der Waals surface area contributed by atoms with Gasteiger partial charge in [0.15, 0.2) is 11.5 Å². The number of hydrogen-bond acceptors (Lipinski definition) is 11. The molecule has 2 aromatic rings. The molecule has 1 aromatic heterocycles. The maximum atomic E-state index is 16.3. The summed E-state index contributed by atoms with van der Waals surface area (Å²) in [6.45, 7) is 7.92. The lowest BCUT2D eigenvalue weighted by Gasteiger charge is -2.35. The topological polar surface area (TPSA) is 186 Å². The smallest absolute Gasteiger partial charge is 0.306 e. The third kappa shape index (κ3) is 8.31.